The van der Waals surface area contributed by atoms with E-state index in [-0.39, 0.29) is 11.8 Å². The molecule has 1 aliphatic rings. The molecule has 2 amide bonds. The predicted octanol–water partition coefficient (Wildman–Crippen LogP) is 2.47. The van der Waals surface area contributed by atoms with Crippen LogP contribution in [0.3, 0.4) is 0 Å². The first-order chi connectivity index (χ1) is 10.4. The smallest absolute Gasteiger partial charge is 0.321 e. The minimum absolute atomic E-state index is 0.123. The number of amides is 2. The fourth-order valence-corrected chi connectivity index (χ4v) is 2.47. The van der Waals surface area contributed by atoms with Gasteiger partial charge in [0.2, 0.25) is 0 Å². The Morgan fingerprint density at radius 2 is 2.00 bits per heavy atom. The second-order valence-electron chi connectivity index (χ2n) is 5.33. The van der Waals surface area contributed by atoms with Gasteiger partial charge in [0.25, 0.3) is 0 Å². The number of nitrogens with one attached hydrogen (secondary N) is 1. The number of carbonyl (C=O) groups excluding carboxylic acids is 1. The Kier molecular flexibility index (Phi) is 4.85. The number of aryl methyl sites for hydroxylation is 1. The number of likely N-dealkylation sites (tertiary alicyclic amines) is 1. The predicted molar refractivity (Wildman–Crippen MR) is 78.6 cm³/mol. The van der Waals surface area contributed by atoms with Gasteiger partial charge in [-0.3, -0.25) is 4.79 Å². The molecule has 1 aromatic carbocycles. The van der Waals surface area contributed by atoms with Crippen molar-refractivity contribution in [2.24, 2.45) is 5.92 Å². The van der Waals surface area contributed by atoms with E-state index >= 15 is 0 Å². The third-order valence-electron chi connectivity index (χ3n) is 3.87. The van der Waals surface area contributed by atoms with Crippen LogP contribution in [0.4, 0.5) is 14.9 Å². The molecule has 1 heterocycles. The van der Waals surface area contributed by atoms with E-state index in [2.05, 4.69) is 5.32 Å². The van der Waals surface area contributed by atoms with Crippen molar-refractivity contribution >= 4 is 17.7 Å². The molecule has 1 saturated heterocycles. The summed E-state index contributed by atoms with van der Waals surface area (Å²) >= 11 is 0. The molecule has 1 aliphatic heterocycles. The van der Waals surface area contributed by atoms with Gasteiger partial charge in [-0.2, -0.15) is 0 Å². The summed E-state index contributed by atoms with van der Waals surface area (Å²) in [6, 6.07) is 2.38. The number of urea groups is 1. The SMILES string of the molecule is COc1cc(C)c(NC(=O)N2CCC(C(=O)O)CC2)cc1F. The molecule has 1 fully saturated rings. The van der Waals surface area contributed by atoms with Crippen LogP contribution in [0.2, 0.25) is 0 Å². The molecular weight excluding hydrogens is 291 g/mol. The van der Waals surface area contributed by atoms with E-state index in [1.54, 1.807) is 11.8 Å². The zero-order valence-corrected chi connectivity index (χ0v) is 12.6. The number of carboxylic acids is 1. The van der Waals surface area contributed by atoms with Crippen LogP contribution in [0.25, 0.3) is 0 Å². The van der Waals surface area contributed by atoms with Crippen molar-refractivity contribution in [1.82, 2.24) is 4.90 Å². The molecule has 0 saturated carbocycles. The van der Waals surface area contributed by atoms with Crippen molar-refractivity contribution in [3.8, 4) is 5.75 Å². The van der Waals surface area contributed by atoms with Crippen LogP contribution in [0.1, 0.15) is 18.4 Å². The van der Waals surface area contributed by atoms with Crippen molar-refractivity contribution < 1.29 is 23.8 Å². The van der Waals surface area contributed by atoms with Crippen LogP contribution >= 0.6 is 0 Å². The van der Waals surface area contributed by atoms with Gasteiger partial charge in [0.1, 0.15) is 0 Å². The number of nitrogens with zero attached hydrogens (tertiary/aromatic N) is 1. The largest absolute Gasteiger partial charge is 0.494 e. The van der Waals surface area contributed by atoms with Crippen molar-refractivity contribution in [2.75, 3.05) is 25.5 Å². The number of halogens is 1. The third kappa shape index (κ3) is 3.47. The van der Waals surface area contributed by atoms with Crippen LogP contribution in [0.15, 0.2) is 12.1 Å². The number of hydrogen-bond donors (Lipinski definition) is 2. The summed E-state index contributed by atoms with van der Waals surface area (Å²) in [5, 5.41) is 11.6. The van der Waals surface area contributed by atoms with Gasteiger partial charge >= 0.3 is 12.0 Å². The lowest BCUT2D eigenvalue weighted by molar-refractivity contribution is -0.143. The fraction of sp³-hybridized carbons (Fsp3) is 0.467. The van der Waals surface area contributed by atoms with Gasteiger partial charge < -0.3 is 20.1 Å². The van der Waals surface area contributed by atoms with Crippen LogP contribution in [0, 0.1) is 18.7 Å². The lowest BCUT2D eigenvalue weighted by Gasteiger charge is -2.30. The van der Waals surface area contributed by atoms with Gasteiger partial charge in [-0.1, -0.05) is 0 Å². The molecule has 0 spiro atoms. The molecule has 120 valence electrons. The summed E-state index contributed by atoms with van der Waals surface area (Å²) in [4.78, 5) is 24.6. The molecule has 7 heteroatoms. The minimum Gasteiger partial charge on any atom is -0.494 e. The lowest BCUT2D eigenvalue weighted by Crippen LogP contribution is -2.42. The van der Waals surface area contributed by atoms with E-state index in [1.807, 2.05) is 0 Å². The normalized spacial score (nSPS) is 15.5. The zero-order chi connectivity index (χ0) is 16.3. The highest BCUT2D eigenvalue weighted by atomic mass is 19.1. The Hall–Kier alpha value is -2.31. The highest BCUT2D eigenvalue weighted by molar-refractivity contribution is 5.90. The summed E-state index contributed by atoms with van der Waals surface area (Å²) in [6.07, 6.45) is 0.859. The van der Waals surface area contributed by atoms with E-state index in [4.69, 9.17) is 9.84 Å². The van der Waals surface area contributed by atoms with Gasteiger partial charge in [-0.15, -0.1) is 0 Å². The Morgan fingerprint density at radius 1 is 1.36 bits per heavy atom. The Bertz CT molecular complexity index is 583. The first-order valence-corrected chi connectivity index (χ1v) is 7.05. The number of aliphatic carboxylic acids is 1. The van der Waals surface area contributed by atoms with Crippen molar-refractivity contribution in [1.29, 1.82) is 0 Å². The van der Waals surface area contributed by atoms with Crippen LogP contribution in [-0.4, -0.2) is 42.2 Å². The summed E-state index contributed by atoms with van der Waals surface area (Å²) in [5.41, 5.74) is 1.07. The van der Waals surface area contributed by atoms with Crippen molar-refractivity contribution in [3.05, 3.63) is 23.5 Å². The van der Waals surface area contributed by atoms with Gasteiger partial charge in [0, 0.05) is 24.8 Å². The molecule has 1 aromatic rings. The van der Waals surface area contributed by atoms with Gasteiger partial charge in [-0.05, 0) is 31.4 Å². The highest BCUT2D eigenvalue weighted by Crippen LogP contribution is 2.26. The monoisotopic (exact) mass is 310 g/mol. The Labute approximate surface area is 127 Å². The van der Waals surface area contributed by atoms with E-state index in [9.17, 15) is 14.0 Å². The molecule has 0 atom stereocenters. The number of benzene rings is 1. The maximum Gasteiger partial charge on any atom is 0.321 e. The second kappa shape index (κ2) is 6.64. The molecule has 2 N–H and O–H groups in total. The maximum atomic E-state index is 13.7. The summed E-state index contributed by atoms with van der Waals surface area (Å²) in [5.74, 6) is -1.65. The topological polar surface area (TPSA) is 78.9 Å². The molecule has 0 unspecified atom stereocenters. The molecule has 2 rings (SSSR count). The number of piperidine rings is 1. The molecular formula is C15H19FN2O4. The first-order valence-electron chi connectivity index (χ1n) is 7.05. The average molecular weight is 310 g/mol. The Morgan fingerprint density at radius 3 is 2.55 bits per heavy atom. The van der Waals surface area contributed by atoms with Crippen LogP contribution in [0.5, 0.6) is 5.75 Å². The maximum absolute atomic E-state index is 13.7. The minimum atomic E-state index is -0.826. The van der Waals surface area contributed by atoms with Crippen LogP contribution in [-0.2, 0) is 4.79 Å². The molecule has 0 aromatic heterocycles. The van der Waals surface area contributed by atoms with Crippen molar-refractivity contribution in [2.45, 2.75) is 19.8 Å². The van der Waals surface area contributed by atoms with Crippen molar-refractivity contribution in [3.63, 3.8) is 0 Å². The molecule has 0 bridgehead atoms. The lowest BCUT2D eigenvalue weighted by atomic mass is 9.97. The summed E-state index contributed by atoms with van der Waals surface area (Å²) in [6.45, 7) is 2.50. The number of carbonyl (C=O) groups is 2. The second-order valence-corrected chi connectivity index (χ2v) is 5.33. The molecule has 0 radical (unpaired) electrons. The van der Waals surface area contributed by atoms with Gasteiger partial charge in [0.05, 0.1) is 13.0 Å². The van der Waals surface area contributed by atoms with E-state index < -0.39 is 17.7 Å². The third-order valence-corrected chi connectivity index (χ3v) is 3.87. The van der Waals surface area contributed by atoms with E-state index in [1.165, 1.54) is 19.2 Å². The highest BCUT2D eigenvalue weighted by Gasteiger charge is 2.27. The standard InChI is InChI=1S/C15H19FN2O4/c1-9-7-13(22-2)11(16)8-12(9)17-15(21)18-5-3-10(4-6-18)14(19)20/h7-8,10H,3-6H2,1-2H3,(H,17,21)(H,19,20). The number of rotatable bonds is 3. The van der Waals surface area contributed by atoms with E-state index in [0.29, 0.717) is 37.2 Å². The number of hydrogen-bond acceptors (Lipinski definition) is 3. The molecule has 0 aliphatic carbocycles. The number of anilines is 1. The zero-order valence-electron chi connectivity index (χ0n) is 12.6. The first kappa shape index (κ1) is 16.1. The quantitative estimate of drug-likeness (QED) is 0.899. The Balaban J connectivity index is 2.01. The number of carboxylic acid groups (broad SMARTS) is 1. The molecule has 22 heavy (non-hydrogen) atoms. The van der Waals surface area contributed by atoms with Gasteiger partial charge in [0.15, 0.2) is 11.6 Å². The summed E-state index contributed by atoms with van der Waals surface area (Å²) < 4.78 is 18.6. The number of ether oxygens (including phenoxy) is 1. The number of methoxy groups -OCH3 is 1. The molecule has 6 nitrogen and oxygen atoms in total. The summed E-state index contributed by atoms with van der Waals surface area (Å²) in [7, 11) is 1.38. The van der Waals surface area contributed by atoms with Crippen LogP contribution < -0.4 is 10.1 Å². The van der Waals surface area contributed by atoms with E-state index in [0.717, 1.165) is 0 Å². The fourth-order valence-electron chi connectivity index (χ4n) is 2.47. The average Bonchev–Trinajstić information content (AvgIpc) is 2.50. The van der Waals surface area contributed by atoms with Gasteiger partial charge in [-0.25, -0.2) is 9.18 Å².